The Morgan fingerprint density at radius 2 is 1.81 bits per heavy atom. The van der Waals surface area contributed by atoms with Gasteiger partial charge in [-0.15, -0.1) is 0 Å². The maximum absolute atomic E-state index is 12.2. The number of rotatable bonds is 7. The molecule has 140 valence electrons. The van der Waals surface area contributed by atoms with E-state index in [0.717, 1.165) is 11.3 Å². The van der Waals surface area contributed by atoms with Crippen molar-refractivity contribution < 1.29 is 23.9 Å². The zero-order chi connectivity index (χ0) is 19.3. The van der Waals surface area contributed by atoms with Crippen LogP contribution in [-0.4, -0.2) is 60.6 Å². The first-order chi connectivity index (χ1) is 12.3. The Morgan fingerprint density at radius 1 is 1.15 bits per heavy atom. The van der Waals surface area contributed by atoms with Gasteiger partial charge in [-0.1, -0.05) is 18.2 Å². The summed E-state index contributed by atoms with van der Waals surface area (Å²) in [5.74, 6) is 0.130. The van der Waals surface area contributed by atoms with Crippen molar-refractivity contribution in [2.75, 3.05) is 27.3 Å². The number of carbonyl (C=O) groups excluding carboxylic acids is 3. The summed E-state index contributed by atoms with van der Waals surface area (Å²) in [5.41, 5.74) is -0.00578. The second-order valence-corrected chi connectivity index (χ2v) is 6.50. The first-order valence-electron chi connectivity index (χ1n) is 8.30. The van der Waals surface area contributed by atoms with Crippen molar-refractivity contribution in [3.05, 3.63) is 42.0 Å². The van der Waals surface area contributed by atoms with E-state index < -0.39 is 5.54 Å². The van der Waals surface area contributed by atoms with Crippen molar-refractivity contribution in [3.8, 4) is 5.75 Å². The number of benzene rings is 1. The topological polar surface area (TPSA) is 76.2 Å². The number of nitrogens with zero attached hydrogens (tertiary/aromatic N) is 2. The Kier molecular flexibility index (Phi) is 6.02. The van der Waals surface area contributed by atoms with Crippen LogP contribution in [0.2, 0.25) is 0 Å². The van der Waals surface area contributed by atoms with Crippen LogP contribution in [0.5, 0.6) is 5.75 Å². The molecule has 0 spiro atoms. The highest BCUT2D eigenvalue weighted by atomic mass is 16.5. The lowest BCUT2D eigenvalue weighted by molar-refractivity contribution is -0.141. The van der Waals surface area contributed by atoms with Gasteiger partial charge in [0.15, 0.2) is 0 Å². The molecule has 2 rings (SSSR count). The van der Waals surface area contributed by atoms with Gasteiger partial charge in [0.05, 0.1) is 13.5 Å². The first kappa shape index (κ1) is 19.5. The number of hydrogen-bond acceptors (Lipinski definition) is 5. The van der Waals surface area contributed by atoms with Gasteiger partial charge in [-0.3, -0.25) is 14.5 Å². The average molecular weight is 360 g/mol. The van der Waals surface area contributed by atoms with E-state index in [-0.39, 0.29) is 37.5 Å². The van der Waals surface area contributed by atoms with Crippen molar-refractivity contribution in [3.63, 3.8) is 0 Å². The smallest absolute Gasteiger partial charge is 0.327 e. The number of esters is 1. The molecule has 1 heterocycles. The van der Waals surface area contributed by atoms with Crippen LogP contribution < -0.4 is 4.74 Å². The van der Waals surface area contributed by atoms with Gasteiger partial charge in [-0.05, 0) is 37.6 Å². The molecule has 7 heteroatoms. The Hall–Kier alpha value is -2.83. The summed E-state index contributed by atoms with van der Waals surface area (Å²) in [4.78, 5) is 38.7. The number of urea groups is 1. The average Bonchev–Trinajstić information content (AvgIpc) is 2.76. The molecule has 1 aromatic rings. The lowest BCUT2D eigenvalue weighted by Crippen LogP contribution is -2.41. The normalized spacial score (nSPS) is 16.5. The Balaban J connectivity index is 1.76. The van der Waals surface area contributed by atoms with Crippen molar-refractivity contribution >= 4 is 17.9 Å². The summed E-state index contributed by atoms with van der Waals surface area (Å²) in [5, 5.41) is 0. The summed E-state index contributed by atoms with van der Waals surface area (Å²) in [7, 11) is 3.18. The quantitative estimate of drug-likeness (QED) is 0.422. The van der Waals surface area contributed by atoms with Crippen molar-refractivity contribution in [2.24, 2.45) is 0 Å². The molecule has 0 atom stereocenters. The Bertz CT molecular complexity index is 709. The fraction of sp³-hybridized carbons (Fsp3) is 0.421. The van der Waals surface area contributed by atoms with Crippen LogP contribution in [0.3, 0.4) is 0 Å². The van der Waals surface area contributed by atoms with Gasteiger partial charge < -0.3 is 14.4 Å². The van der Waals surface area contributed by atoms with Gasteiger partial charge in [0.25, 0.3) is 5.91 Å². The third-order valence-corrected chi connectivity index (χ3v) is 4.43. The minimum absolute atomic E-state index is 0.0877. The first-order valence-corrected chi connectivity index (χ1v) is 8.30. The molecule has 0 radical (unpaired) electrons. The maximum atomic E-state index is 12.2. The van der Waals surface area contributed by atoms with Gasteiger partial charge in [0.2, 0.25) is 0 Å². The molecule has 1 fully saturated rings. The third-order valence-electron chi connectivity index (χ3n) is 4.43. The molecule has 26 heavy (non-hydrogen) atoms. The van der Waals surface area contributed by atoms with Crippen molar-refractivity contribution in [1.82, 2.24) is 9.80 Å². The van der Waals surface area contributed by atoms with Gasteiger partial charge in [0, 0.05) is 13.6 Å². The maximum Gasteiger partial charge on any atom is 0.327 e. The SMILES string of the molecule is COc1ccc(CC(=O)OC/C=C/CN2C(=O)N(C)C(C)(C)C2=O)cc1. The third kappa shape index (κ3) is 4.22. The minimum Gasteiger partial charge on any atom is -0.497 e. The van der Waals surface area contributed by atoms with E-state index in [1.807, 2.05) is 0 Å². The second kappa shape index (κ2) is 8.03. The van der Waals surface area contributed by atoms with Crippen molar-refractivity contribution in [1.29, 1.82) is 0 Å². The Morgan fingerprint density at radius 3 is 2.35 bits per heavy atom. The van der Waals surface area contributed by atoms with Crippen LogP contribution in [0, 0.1) is 0 Å². The van der Waals surface area contributed by atoms with E-state index in [1.54, 1.807) is 64.4 Å². The molecule has 0 aromatic heterocycles. The number of hydrogen-bond donors (Lipinski definition) is 0. The van der Waals surface area contributed by atoms with Crippen LogP contribution in [0.15, 0.2) is 36.4 Å². The van der Waals surface area contributed by atoms with Crippen LogP contribution in [0.1, 0.15) is 19.4 Å². The van der Waals surface area contributed by atoms with Crippen LogP contribution >= 0.6 is 0 Å². The molecular weight excluding hydrogens is 336 g/mol. The molecule has 1 aliphatic heterocycles. The van der Waals surface area contributed by atoms with Crippen LogP contribution in [0.4, 0.5) is 4.79 Å². The standard InChI is InChI=1S/C19H24N2O5/c1-19(2)17(23)21(18(24)20(19)3)11-5-6-12-26-16(22)13-14-7-9-15(25-4)10-8-14/h5-10H,11-13H2,1-4H3/b6-5+. The van der Waals surface area contributed by atoms with Gasteiger partial charge in [-0.2, -0.15) is 0 Å². The van der Waals surface area contributed by atoms with E-state index in [1.165, 1.54) is 9.80 Å². The fourth-order valence-electron chi connectivity index (χ4n) is 2.49. The Labute approximate surface area is 153 Å². The summed E-state index contributed by atoms with van der Waals surface area (Å²) in [6.07, 6.45) is 3.43. The molecule has 0 saturated carbocycles. The highest BCUT2D eigenvalue weighted by Gasteiger charge is 2.48. The minimum atomic E-state index is -0.838. The molecule has 0 N–H and O–H groups in total. The molecule has 1 saturated heterocycles. The molecular formula is C19H24N2O5. The molecule has 1 aromatic carbocycles. The summed E-state index contributed by atoms with van der Waals surface area (Å²) in [6.45, 7) is 3.65. The number of likely N-dealkylation sites (N-methyl/N-ethyl adjacent to an activating group) is 1. The molecule has 1 aliphatic rings. The molecule has 0 aliphatic carbocycles. The fourth-order valence-corrected chi connectivity index (χ4v) is 2.49. The lowest BCUT2D eigenvalue weighted by Gasteiger charge is -2.22. The van der Waals surface area contributed by atoms with E-state index in [2.05, 4.69) is 0 Å². The number of imide groups is 1. The van der Waals surface area contributed by atoms with Crippen LogP contribution in [-0.2, 0) is 20.7 Å². The highest BCUT2D eigenvalue weighted by Crippen LogP contribution is 2.25. The summed E-state index contributed by atoms with van der Waals surface area (Å²) >= 11 is 0. The van der Waals surface area contributed by atoms with E-state index in [9.17, 15) is 14.4 Å². The molecule has 0 unspecified atom stereocenters. The largest absolute Gasteiger partial charge is 0.497 e. The highest BCUT2D eigenvalue weighted by molar-refractivity contribution is 6.06. The molecule has 7 nitrogen and oxygen atoms in total. The number of amides is 3. The van der Waals surface area contributed by atoms with Gasteiger partial charge >= 0.3 is 12.0 Å². The van der Waals surface area contributed by atoms with Crippen molar-refractivity contribution in [2.45, 2.75) is 25.8 Å². The summed E-state index contributed by atoms with van der Waals surface area (Å²) in [6, 6.07) is 6.84. The van der Waals surface area contributed by atoms with E-state index in [0.29, 0.717) is 0 Å². The molecule has 3 amide bonds. The second-order valence-electron chi connectivity index (χ2n) is 6.50. The molecule has 0 bridgehead atoms. The van der Waals surface area contributed by atoms with E-state index >= 15 is 0 Å². The van der Waals surface area contributed by atoms with E-state index in [4.69, 9.17) is 9.47 Å². The zero-order valence-electron chi connectivity index (χ0n) is 15.5. The number of methoxy groups -OCH3 is 1. The monoisotopic (exact) mass is 360 g/mol. The number of ether oxygens (including phenoxy) is 2. The van der Waals surface area contributed by atoms with Gasteiger partial charge in [-0.25, -0.2) is 4.79 Å². The predicted molar refractivity (Wildman–Crippen MR) is 95.7 cm³/mol. The lowest BCUT2D eigenvalue weighted by atomic mass is 10.1. The zero-order valence-corrected chi connectivity index (χ0v) is 15.5. The van der Waals surface area contributed by atoms with Crippen LogP contribution in [0.25, 0.3) is 0 Å². The summed E-state index contributed by atoms with van der Waals surface area (Å²) < 4.78 is 10.2. The predicted octanol–water partition coefficient (Wildman–Crippen LogP) is 2.01. The van der Waals surface area contributed by atoms with Gasteiger partial charge in [0.1, 0.15) is 17.9 Å². The number of carbonyl (C=O) groups is 3.